The zero-order chi connectivity index (χ0) is 13.1. The molecule has 0 fully saturated rings. The number of benzene rings is 1. The van der Waals surface area contributed by atoms with Crippen LogP contribution in [0.5, 0.6) is 0 Å². The molecule has 92 valence electrons. The van der Waals surface area contributed by atoms with Gasteiger partial charge in [-0.25, -0.2) is 4.79 Å². The second kappa shape index (κ2) is 4.75. The van der Waals surface area contributed by atoms with Gasteiger partial charge in [0.25, 0.3) is 0 Å². The summed E-state index contributed by atoms with van der Waals surface area (Å²) in [5, 5.41) is 0.829. The minimum Gasteiger partial charge on any atom is -0.464 e. The first-order valence-corrected chi connectivity index (χ1v) is 5.30. The standard InChI is InChI=1S/C13H12N2O3/c1-18-13(17)12-9(6-7-11(14)16)8-4-2-3-5-10(8)15-12/h2-7,15H,1H3,(H2,14,16)/b7-6-. The van der Waals surface area contributed by atoms with Crippen LogP contribution in [0.15, 0.2) is 30.3 Å². The maximum absolute atomic E-state index is 11.6. The zero-order valence-corrected chi connectivity index (χ0v) is 9.77. The van der Waals surface area contributed by atoms with E-state index in [2.05, 4.69) is 4.98 Å². The van der Waals surface area contributed by atoms with E-state index in [0.717, 1.165) is 10.9 Å². The first-order valence-electron chi connectivity index (χ1n) is 5.30. The summed E-state index contributed by atoms with van der Waals surface area (Å²) in [6, 6.07) is 7.38. The smallest absolute Gasteiger partial charge is 0.355 e. The third-order valence-corrected chi connectivity index (χ3v) is 2.55. The lowest BCUT2D eigenvalue weighted by Crippen LogP contribution is -2.06. The van der Waals surface area contributed by atoms with Gasteiger partial charge < -0.3 is 15.5 Å². The van der Waals surface area contributed by atoms with Gasteiger partial charge in [0.1, 0.15) is 5.69 Å². The third-order valence-electron chi connectivity index (χ3n) is 2.55. The number of hydrogen-bond donors (Lipinski definition) is 2. The first-order chi connectivity index (χ1) is 8.63. The van der Waals surface area contributed by atoms with Crippen LogP contribution in [-0.4, -0.2) is 24.0 Å². The molecule has 0 saturated carbocycles. The molecule has 1 heterocycles. The molecule has 1 amide bonds. The van der Waals surface area contributed by atoms with Crippen LogP contribution in [0.4, 0.5) is 0 Å². The molecule has 1 aromatic carbocycles. The molecule has 0 radical (unpaired) electrons. The van der Waals surface area contributed by atoms with Gasteiger partial charge in [-0.2, -0.15) is 0 Å². The molecule has 18 heavy (non-hydrogen) atoms. The number of esters is 1. The van der Waals surface area contributed by atoms with Gasteiger partial charge >= 0.3 is 5.97 Å². The summed E-state index contributed by atoms with van der Waals surface area (Å²) < 4.78 is 4.69. The number of carbonyl (C=O) groups excluding carboxylic acids is 2. The highest BCUT2D eigenvalue weighted by atomic mass is 16.5. The average Bonchev–Trinajstić information content (AvgIpc) is 2.74. The quantitative estimate of drug-likeness (QED) is 0.633. The molecule has 0 atom stereocenters. The van der Waals surface area contributed by atoms with Crippen LogP contribution >= 0.6 is 0 Å². The van der Waals surface area contributed by atoms with E-state index in [9.17, 15) is 9.59 Å². The molecule has 2 rings (SSSR count). The Hall–Kier alpha value is -2.56. The molecule has 0 unspecified atom stereocenters. The molecule has 3 N–H and O–H groups in total. The van der Waals surface area contributed by atoms with Gasteiger partial charge in [-0.3, -0.25) is 4.79 Å². The Kier molecular flexibility index (Phi) is 3.14. The maximum atomic E-state index is 11.6. The van der Waals surface area contributed by atoms with E-state index in [1.54, 1.807) is 0 Å². The van der Waals surface area contributed by atoms with Gasteiger partial charge in [0.15, 0.2) is 0 Å². The van der Waals surface area contributed by atoms with E-state index in [1.807, 2.05) is 24.3 Å². The van der Waals surface area contributed by atoms with E-state index < -0.39 is 11.9 Å². The molecule has 0 aliphatic heterocycles. The molecule has 0 saturated heterocycles. The molecule has 0 spiro atoms. The van der Waals surface area contributed by atoms with Crippen molar-refractivity contribution in [2.75, 3.05) is 7.11 Å². The molecular formula is C13H12N2O3. The highest BCUT2D eigenvalue weighted by molar-refractivity contribution is 6.04. The summed E-state index contributed by atoms with van der Waals surface area (Å²) in [4.78, 5) is 25.4. The Morgan fingerprint density at radius 1 is 1.33 bits per heavy atom. The topological polar surface area (TPSA) is 85.2 Å². The summed E-state index contributed by atoms with van der Waals surface area (Å²) in [5.74, 6) is -1.06. The molecule has 0 bridgehead atoms. The number of hydrogen-bond acceptors (Lipinski definition) is 3. The SMILES string of the molecule is COC(=O)c1[nH]c2ccccc2c1/C=C\C(N)=O. The van der Waals surface area contributed by atoms with Crippen LogP contribution in [0.25, 0.3) is 17.0 Å². The monoisotopic (exact) mass is 244 g/mol. The van der Waals surface area contributed by atoms with Crippen LogP contribution in [0, 0.1) is 0 Å². The average molecular weight is 244 g/mol. The van der Waals surface area contributed by atoms with Crippen LogP contribution < -0.4 is 5.73 Å². The van der Waals surface area contributed by atoms with Crippen molar-refractivity contribution >= 4 is 28.9 Å². The fraction of sp³-hybridized carbons (Fsp3) is 0.0769. The first kappa shape index (κ1) is 11.9. The minimum absolute atomic E-state index is 0.302. The van der Waals surface area contributed by atoms with E-state index in [1.165, 1.54) is 19.3 Å². The molecule has 5 heteroatoms. The number of aromatic amines is 1. The number of H-pyrrole nitrogens is 1. The van der Waals surface area contributed by atoms with Crippen molar-refractivity contribution < 1.29 is 14.3 Å². The highest BCUT2D eigenvalue weighted by Gasteiger charge is 2.16. The van der Waals surface area contributed by atoms with E-state index in [-0.39, 0.29) is 0 Å². The number of carbonyl (C=O) groups is 2. The number of rotatable bonds is 3. The summed E-state index contributed by atoms with van der Waals surface area (Å²) in [6.07, 6.45) is 2.72. The van der Waals surface area contributed by atoms with E-state index in [0.29, 0.717) is 11.3 Å². The van der Waals surface area contributed by atoms with Crippen molar-refractivity contribution in [1.82, 2.24) is 4.98 Å². The van der Waals surface area contributed by atoms with Gasteiger partial charge in [-0.1, -0.05) is 18.2 Å². The van der Waals surface area contributed by atoms with E-state index >= 15 is 0 Å². The lowest BCUT2D eigenvalue weighted by molar-refractivity contribution is -0.113. The number of methoxy groups -OCH3 is 1. The van der Waals surface area contributed by atoms with E-state index in [4.69, 9.17) is 10.5 Å². The van der Waals surface area contributed by atoms with Crippen LogP contribution in [-0.2, 0) is 9.53 Å². The van der Waals surface area contributed by atoms with Crippen LogP contribution in [0.3, 0.4) is 0 Å². The van der Waals surface area contributed by atoms with Gasteiger partial charge in [0.2, 0.25) is 5.91 Å². The van der Waals surface area contributed by atoms with Gasteiger partial charge in [-0.15, -0.1) is 0 Å². The summed E-state index contributed by atoms with van der Waals surface area (Å²) in [6.45, 7) is 0. The maximum Gasteiger partial charge on any atom is 0.355 e. The number of aromatic nitrogens is 1. The Morgan fingerprint density at radius 2 is 2.06 bits per heavy atom. The largest absolute Gasteiger partial charge is 0.464 e. The summed E-state index contributed by atoms with van der Waals surface area (Å²) in [7, 11) is 1.30. The fourth-order valence-corrected chi connectivity index (χ4v) is 1.77. The minimum atomic E-state index is -0.573. The Bertz CT molecular complexity index is 641. The number of fused-ring (bicyclic) bond motifs is 1. The second-order valence-electron chi connectivity index (χ2n) is 3.69. The summed E-state index contributed by atoms with van der Waals surface area (Å²) in [5.41, 5.74) is 6.75. The second-order valence-corrected chi connectivity index (χ2v) is 3.69. The third kappa shape index (κ3) is 2.10. The van der Waals surface area contributed by atoms with Gasteiger partial charge in [0.05, 0.1) is 7.11 Å². The van der Waals surface area contributed by atoms with Crippen LogP contribution in [0.1, 0.15) is 16.1 Å². The predicted octanol–water partition coefficient (Wildman–Crippen LogP) is 1.45. The number of amides is 1. The molecule has 0 aliphatic rings. The Morgan fingerprint density at radius 3 is 2.72 bits per heavy atom. The summed E-state index contributed by atoms with van der Waals surface area (Å²) >= 11 is 0. The lowest BCUT2D eigenvalue weighted by atomic mass is 10.1. The van der Waals surface area contributed by atoms with Crippen molar-refractivity contribution in [3.05, 3.63) is 41.6 Å². The van der Waals surface area contributed by atoms with Crippen molar-refractivity contribution in [2.24, 2.45) is 5.73 Å². The predicted molar refractivity (Wildman–Crippen MR) is 67.9 cm³/mol. The molecule has 2 aromatic rings. The highest BCUT2D eigenvalue weighted by Crippen LogP contribution is 2.24. The number of para-hydroxylation sites is 1. The number of primary amides is 1. The van der Waals surface area contributed by atoms with Gasteiger partial charge in [0, 0.05) is 22.5 Å². The zero-order valence-electron chi connectivity index (χ0n) is 9.77. The van der Waals surface area contributed by atoms with Crippen LogP contribution in [0.2, 0.25) is 0 Å². The number of ether oxygens (including phenoxy) is 1. The number of nitrogens with two attached hydrogens (primary N) is 1. The normalized spacial score (nSPS) is 10.9. The lowest BCUT2D eigenvalue weighted by Gasteiger charge is -1.97. The van der Waals surface area contributed by atoms with Crippen molar-refractivity contribution in [3.63, 3.8) is 0 Å². The van der Waals surface area contributed by atoms with Crippen molar-refractivity contribution in [2.45, 2.75) is 0 Å². The molecule has 1 aromatic heterocycles. The Labute approximate surface area is 103 Å². The fourth-order valence-electron chi connectivity index (χ4n) is 1.77. The molecular weight excluding hydrogens is 232 g/mol. The van der Waals surface area contributed by atoms with Crippen molar-refractivity contribution in [1.29, 1.82) is 0 Å². The number of nitrogens with one attached hydrogen (secondary N) is 1. The van der Waals surface area contributed by atoms with Crippen molar-refractivity contribution in [3.8, 4) is 0 Å². The molecule has 0 aliphatic carbocycles. The van der Waals surface area contributed by atoms with Gasteiger partial charge in [-0.05, 0) is 12.1 Å². The molecule has 5 nitrogen and oxygen atoms in total. The Balaban J connectivity index is 2.65.